The van der Waals surface area contributed by atoms with E-state index in [1.807, 2.05) is 53.6 Å². The van der Waals surface area contributed by atoms with Crippen LogP contribution in [0.1, 0.15) is 23.1 Å². The number of nitrogens with zero attached hydrogens (tertiary/aromatic N) is 3. The maximum atomic E-state index is 13.4. The van der Waals surface area contributed by atoms with E-state index >= 15 is 0 Å². The third-order valence-electron chi connectivity index (χ3n) is 5.85. The first-order chi connectivity index (χ1) is 15.7. The van der Waals surface area contributed by atoms with Crippen molar-refractivity contribution < 1.29 is 4.79 Å². The Labute approximate surface area is 190 Å². The largest absolute Gasteiger partial charge is 0.354 e. The van der Waals surface area contributed by atoms with E-state index in [2.05, 4.69) is 39.5 Å². The van der Waals surface area contributed by atoms with Gasteiger partial charge in [0.1, 0.15) is 5.82 Å². The fourth-order valence-electron chi connectivity index (χ4n) is 3.96. The predicted octanol–water partition coefficient (Wildman–Crippen LogP) is 3.12. The minimum Gasteiger partial charge on any atom is -0.354 e. The summed E-state index contributed by atoms with van der Waals surface area (Å²) in [5.41, 5.74) is 9.96. The molecule has 166 valence electrons. The normalized spacial score (nSPS) is 13.7. The smallest absolute Gasteiger partial charge is 0.227 e. The standard InChI is InChI=1S/C26H31N5O/c27-19-22-6-8-23(9-7-22)20-31(26(32)11-10-21-4-2-1-3-5-21)24-12-13-29-25(18-24)30-16-14-28-15-17-30/h1-9,12-13,18,28H,10-11,14-17,19-20,27H2. The monoisotopic (exact) mass is 429 g/mol. The SMILES string of the molecule is NCc1ccc(CN(C(=O)CCc2ccccc2)c2ccnc(N3CCNCC3)c2)cc1. The van der Waals surface area contributed by atoms with Gasteiger partial charge >= 0.3 is 0 Å². The summed E-state index contributed by atoms with van der Waals surface area (Å²) in [4.78, 5) is 22.1. The van der Waals surface area contributed by atoms with Crippen molar-refractivity contribution in [3.8, 4) is 0 Å². The van der Waals surface area contributed by atoms with Crippen LogP contribution in [0.3, 0.4) is 0 Å². The lowest BCUT2D eigenvalue weighted by Crippen LogP contribution is -2.44. The Balaban J connectivity index is 1.56. The molecule has 4 rings (SSSR count). The van der Waals surface area contributed by atoms with Gasteiger partial charge in [-0.15, -0.1) is 0 Å². The molecule has 1 aliphatic heterocycles. The van der Waals surface area contributed by atoms with Gasteiger partial charge in [-0.05, 0) is 29.2 Å². The Morgan fingerprint density at radius 1 is 0.969 bits per heavy atom. The summed E-state index contributed by atoms with van der Waals surface area (Å²) in [6.45, 7) is 4.75. The second kappa shape index (κ2) is 10.9. The van der Waals surface area contributed by atoms with Crippen molar-refractivity contribution in [1.82, 2.24) is 10.3 Å². The summed E-state index contributed by atoms with van der Waals surface area (Å²) in [6.07, 6.45) is 2.98. The Kier molecular flexibility index (Phi) is 7.48. The highest BCUT2D eigenvalue weighted by Gasteiger charge is 2.19. The summed E-state index contributed by atoms with van der Waals surface area (Å²) in [5, 5.41) is 3.37. The second-order valence-electron chi connectivity index (χ2n) is 8.10. The van der Waals surface area contributed by atoms with Crippen LogP contribution in [-0.2, 0) is 24.3 Å². The van der Waals surface area contributed by atoms with E-state index in [1.54, 1.807) is 0 Å². The number of aryl methyl sites for hydroxylation is 1. The van der Waals surface area contributed by atoms with Gasteiger partial charge in [0, 0.05) is 57.1 Å². The van der Waals surface area contributed by atoms with Crippen molar-refractivity contribution in [3.63, 3.8) is 0 Å². The average Bonchev–Trinajstić information content (AvgIpc) is 2.87. The van der Waals surface area contributed by atoms with E-state index in [1.165, 1.54) is 5.56 Å². The van der Waals surface area contributed by atoms with Crippen LogP contribution in [0.25, 0.3) is 0 Å². The molecule has 32 heavy (non-hydrogen) atoms. The third-order valence-corrected chi connectivity index (χ3v) is 5.85. The van der Waals surface area contributed by atoms with Crippen molar-refractivity contribution in [2.75, 3.05) is 36.0 Å². The summed E-state index contributed by atoms with van der Waals surface area (Å²) in [6, 6.07) is 22.3. The molecule has 1 fully saturated rings. The fourth-order valence-corrected chi connectivity index (χ4v) is 3.96. The van der Waals surface area contributed by atoms with Crippen LogP contribution in [0, 0.1) is 0 Å². The van der Waals surface area contributed by atoms with Crippen LogP contribution in [0.2, 0.25) is 0 Å². The highest BCUT2D eigenvalue weighted by atomic mass is 16.2. The molecule has 0 aliphatic carbocycles. The van der Waals surface area contributed by atoms with Gasteiger partial charge in [0.2, 0.25) is 5.91 Å². The van der Waals surface area contributed by atoms with Crippen LogP contribution in [0.15, 0.2) is 72.9 Å². The topological polar surface area (TPSA) is 74.5 Å². The quantitative estimate of drug-likeness (QED) is 0.576. The zero-order valence-electron chi connectivity index (χ0n) is 18.4. The number of carbonyl (C=O) groups is 1. The van der Waals surface area contributed by atoms with Crippen LogP contribution in [0.5, 0.6) is 0 Å². The summed E-state index contributed by atoms with van der Waals surface area (Å²) >= 11 is 0. The first-order valence-electron chi connectivity index (χ1n) is 11.3. The average molecular weight is 430 g/mol. The number of nitrogens with one attached hydrogen (secondary N) is 1. The Morgan fingerprint density at radius 2 is 1.69 bits per heavy atom. The number of carbonyl (C=O) groups excluding carboxylic acids is 1. The molecule has 0 unspecified atom stereocenters. The van der Waals surface area contributed by atoms with E-state index < -0.39 is 0 Å². The molecule has 6 nitrogen and oxygen atoms in total. The maximum Gasteiger partial charge on any atom is 0.227 e. The first-order valence-corrected chi connectivity index (χ1v) is 11.3. The minimum absolute atomic E-state index is 0.106. The van der Waals surface area contributed by atoms with Gasteiger partial charge in [0.15, 0.2) is 0 Å². The van der Waals surface area contributed by atoms with Crippen molar-refractivity contribution >= 4 is 17.4 Å². The second-order valence-corrected chi connectivity index (χ2v) is 8.10. The minimum atomic E-state index is 0.106. The Hall–Kier alpha value is -3.22. The third kappa shape index (κ3) is 5.72. The molecule has 1 saturated heterocycles. The molecular formula is C26H31N5O. The van der Waals surface area contributed by atoms with Gasteiger partial charge < -0.3 is 20.9 Å². The van der Waals surface area contributed by atoms with Gasteiger partial charge in [-0.1, -0.05) is 54.6 Å². The lowest BCUT2D eigenvalue weighted by Gasteiger charge is -2.30. The molecule has 0 bridgehead atoms. The number of piperazine rings is 1. The molecule has 2 heterocycles. The molecule has 0 radical (unpaired) electrons. The molecule has 0 spiro atoms. The number of aromatic nitrogens is 1. The van der Waals surface area contributed by atoms with Crippen LogP contribution in [-0.4, -0.2) is 37.1 Å². The zero-order chi connectivity index (χ0) is 22.2. The first kappa shape index (κ1) is 22.0. The van der Waals surface area contributed by atoms with Crippen molar-refractivity contribution in [1.29, 1.82) is 0 Å². The number of amides is 1. The highest BCUT2D eigenvalue weighted by Crippen LogP contribution is 2.24. The zero-order valence-corrected chi connectivity index (χ0v) is 18.4. The number of hydrogen-bond donors (Lipinski definition) is 2. The van der Waals surface area contributed by atoms with Crippen molar-refractivity contribution in [2.24, 2.45) is 5.73 Å². The van der Waals surface area contributed by atoms with Crippen LogP contribution >= 0.6 is 0 Å². The Bertz CT molecular complexity index is 1000. The number of rotatable bonds is 8. The number of anilines is 2. The van der Waals surface area contributed by atoms with Crippen molar-refractivity contribution in [3.05, 3.63) is 89.6 Å². The van der Waals surface area contributed by atoms with E-state index in [-0.39, 0.29) is 5.91 Å². The fraction of sp³-hybridized carbons (Fsp3) is 0.308. The predicted molar refractivity (Wildman–Crippen MR) is 130 cm³/mol. The molecule has 6 heteroatoms. The van der Waals surface area contributed by atoms with Crippen LogP contribution < -0.4 is 20.9 Å². The van der Waals surface area contributed by atoms with Gasteiger partial charge in [-0.25, -0.2) is 4.98 Å². The number of pyridine rings is 1. The number of benzene rings is 2. The summed E-state index contributed by atoms with van der Waals surface area (Å²) < 4.78 is 0. The van der Waals surface area contributed by atoms with Gasteiger partial charge in [-0.2, -0.15) is 0 Å². The van der Waals surface area contributed by atoms with Gasteiger partial charge in [0.25, 0.3) is 0 Å². The van der Waals surface area contributed by atoms with E-state index in [0.29, 0.717) is 19.5 Å². The lowest BCUT2D eigenvalue weighted by atomic mass is 10.1. The molecule has 3 N–H and O–H groups in total. The number of nitrogens with two attached hydrogens (primary N) is 1. The molecular weight excluding hydrogens is 398 g/mol. The van der Waals surface area contributed by atoms with E-state index in [9.17, 15) is 4.79 Å². The molecule has 1 aromatic heterocycles. The molecule has 1 amide bonds. The molecule has 1 aliphatic rings. The molecule has 2 aromatic carbocycles. The summed E-state index contributed by atoms with van der Waals surface area (Å²) in [5.74, 6) is 1.03. The van der Waals surface area contributed by atoms with E-state index in [0.717, 1.165) is 55.2 Å². The van der Waals surface area contributed by atoms with E-state index in [4.69, 9.17) is 5.73 Å². The lowest BCUT2D eigenvalue weighted by molar-refractivity contribution is -0.118. The number of hydrogen-bond acceptors (Lipinski definition) is 5. The van der Waals surface area contributed by atoms with Crippen LogP contribution in [0.4, 0.5) is 11.5 Å². The maximum absolute atomic E-state index is 13.4. The van der Waals surface area contributed by atoms with Crippen molar-refractivity contribution in [2.45, 2.75) is 25.9 Å². The molecule has 3 aromatic rings. The molecule has 0 saturated carbocycles. The molecule has 0 atom stereocenters. The van der Waals surface area contributed by atoms with Gasteiger partial charge in [0.05, 0.1) is 6.54 Å². The summed E-state index contributed by atoms with van der Waals surface area (Å²) in [7, 11) is 0. The Morgan fingerprint density at radius 3 is 2.41 bits per heavy atom. The van der Waals surface area contributed by atoms with Gasteiger partial charge in [-0.3, -0.25) is 4.79 Å². The highest BCUT2D eigenvalue weighted by molar-refractivity contribution is 5.93.